The molecule has 0 aliphatic rings. The average Bonchev–Trinajstić information content (AvgIpc) is 2.68. The lowest BCUT2D eigenvalue weighted by Gasteiger charge is -2.09. The van der Waals surface area contributed by atoms with Crippen molar-refractivity contribution in [3.05, 3.63) is 45.9 Å². The topological polar surface area (TPSA) is 104 Å². The molecule has 2 rings (SSSR count). The average molecular weight is 297 g/mol. The molecular weight excluding hydrogens is 282 g/mol. The summed E-state index contributed by atoms with van der Waals surface area (Å²) in [5.74, 6) is 0. The first-order chi connectivity index (χ1) is 9.32. The Morgan fingerprint density at radius 3 is 2.55 bits per heavy atom. The summed E-state index contributed by atoms with van der Waals surface area (Å²) < 4.78 is 33.4. The number of H-pyrrole nitrogens is 1. The number of benzene rings is 1. The summed E-state index contributed by atoms with van der Waals surface area (Å²) >= 11 is 0. The van der Waals surface area contributed by atoms with Gasteiger partial charge in [0.1, 0.15) is 4.90 Å². The summed E-state index contributed by atoms with van der Waals surface area (Å²) in [5.41, 5.74) is 1.12. The van der Waals surface area contributed by atoms with E-state index in [0.717, 1.165) is 0 Å². The van der Waals surface area contributed by atoms with E-state index in [-0.39, 0.29) is 17.0 Å². The second kappa shape index (κ2) is 5.23. The molecule has 0 fully saturated rings. The Balaban J connectivity index is 2.64. The van der Waals surface area contributed by atoms with Gasteiger partial charge in [-0.2, -0.15) is 8.42 Å². The lowest BCUT2D eigenvalue weighted by atomic mass is 10.2. The molecule has 20 heavy (non-hydrogen) atoms. The van der Waals surface area contributed by atoms with E-state index in [0.29, 0.717) is 16.9 Å². The molecule has 2 aromatic rings. The van der Waals surface area contributed by atoms with Gasteiger partial charge in [-0.1, -0.05) is 6.07 Å². The minimum absolute atomic E-state index is 0.219. The van der Waals surface area contributed by atoms with Crippen molar-refractivity contribution in [3.8, 4) is 5.69 Å². The second-order valence-electron chi connectivity index (χ2n) is 4.41. The fraction of sp³-hybridized carbons (Fsp3) is 0.250. The number of nitrogens with zero attached hydrogens (tertiary/aromatic N) is 1. The maximum absolute atomic E-state index is 11.7. The first-order valence-electron chi connectivity index (χ1n) is 5.87. The van der Waals surface area contributed by atoms with Crippen molar-refractivity contribution in [2.75, 3.05) is 7.05 Å². The molecule has 0 aliphatic heterocycles. The Bertz CT molecular complexity index is 789. The van der Waals surface area contributed by atoms with Crippen molar-refractivity contribution >= 4 is 10.1 Å². The van der Waals surface area contributed by atoms with Crippen molar-refractivity contribution in [3.63, 3.8) is 0 Å². The molecule has 7 nitrogen and oxygen atoms in total. The van der Waals surface area contributed by atoms with E-state index in [1.807, 2.05) is 0 Å². The summed E-state index contributed by atoms with van der Waals surface area (Å²) in [6, 6.07) is 5.82. The number of aromatic amines is 1. The molecule has 8 heteroatoms. The minimum Gasteiger partial charge on any atom is -0.316 e. The summed E-state index contributed by atoms with van der Waals surface area (Å²) in [5, 5.41) is 5.62. The van der Waals surface area contributed by atoms with Crippen molar-refractivity contribution in [1.29, 1.82) is 0 Å². The second-order valence-corrected chi connectivity index (χ2v) is 5.80. The predicted octanol–water partition coefficient (Wildman–Crippen LogP) is 0.440. The van der Waals surface area contributed by atoms with Crippen LogP contribution in [0.1, 0.15) is 11.3 Å². The van der Waals surface area contributed by atoms with E-state index in [2.05, 4.69) is 10.4 Å². The maximum Gasteiger partial charge on any atom is 0.294 e. The zero-order chi connectivity index (χ0) is 14.9. The van der Waals surface area contributed by atoms with E-state index >= 15 is 0 Å². The molecular formula is C12H15N3O4S. The molecule has 0 radical (unpaired) electrons. The summed E-state index contributed by atoms with van der Waals surface area (Å²) in [7, 11) is -2.69. The van der Waals surface area contributed by atoms with E-state index in [4.69, 9.17) is 0 Å². The van der Waals surface area contributed by atoms with Crippen LogP contribution in [0.25, 0.3) is 5.69 Å². The molecule has 1 aromatic carbocycles. The van der Waals surface area contributed by atoms with Gasteiger partial charge in [-0.05, 0) is 31.7 Å². The molecule has 0 amide bonds. The van der Waals surface area contributed by atoms with Crippen LogP contribution >= 0.6 is 0 Å². The van der Waals surface area contributed by atoms with Crippen LogP contribution in [0.5, 0.6) is 0 Å². The smallest absolute Gasteiger partial charge is 0.294 e. The third-order valence-electron chi connectivity index (χ3n) is 2.80. The van der Waals surface area contributed by atoms with Crippen molar-refractivity contribution < 1.29 is 13.0 Å². The van der Waals surface area contributed by atoms with Crippen molar-refractivity contribution in [1.82, 2.24) is 15.1 Å². The highest BCUT2D eigenvalue weighted by molar-refractivity contribution is 7.85. The fourth-order valence-electron chi connectivity index (χ4n) is 1.96. The Morgan fingerprint density at radius 2 is 2.05 bits per heavy atom. The molecule has 0 atom stereocenters. The van der Waals surface area contributed by atoms with Crippen LogP contribution in [0, 0.1) is 6.92 Å². The highest BCUT2D eigenvalue weighted by Gasteiger charge is 2.17. The molecule has 108 valence electrons. The number of rotatable bonds is 4. The van der Waals surface area contributed by atoms with Crippen LogP contribution < -0.4 is 10.9 Å². The van der Waals surface area contributed by atoms with Gasteiger partial charge in [0.25, 0.3) is 15.7 Å². The standard InChI is InChI=1S/C12H15N3O4S/c1-8-5-12(16)15(14-8)10-4-3-9(7-13-2)11(6-10)20(17,18)19/h3-6,13-14H,7H2,1-2H3,(H,17,18,19). The van der Waals surface area contributed by atoms with Crippen LogP contribution in [-0.4, -0.2) is 29.8 Å². The van der Waals surface area contributed by atoms with Gasteiger partial charge < -0.3 is 5.32 Å². The lowest BCUT2D eigenvalue weighted by Crippen LogP contribution is -2.16. The van der Waals surface area contributed by atoms with Crippen LogP contribution in [0.3, 0.4) is 0 Å². The molecule has 3 N–H and O–H groups in total. The normalized spacial score (nSPS) is 11.8. The van der Waals surface area contributed by atoms with Gasteiger partial charge in [-0.25, -0.2) is 4.68 Å². The number of hydrogen-bond acceptors (Lipinski definition) is 4. The van der Waals surface area contributed by atoms with Gasteiger partial charge in [-0.15, -0.1) is 0 Å². The highest BCUT2D eigenvalue weighted by atomic mass is 32.2. The molecule has 0 spiro atoms. The number of aromatic nitrogens is 2. The predicted molar refractivity (Wildman–Crippen MR) is 73.7 cm³/mol. The van der Waals surface area contributed by atoms with Crippen molar-refractivity contribution in [2.24, 2.45) is 0 Å². The molecule has 0 saturated heterocycles. The third kappa shape index (κ3) is 2.82. The number of hydrogen-bond donors (Lipinski definition) is 3. The van der Waals surface area contributed by atoms with E-state index in [9.17, 15) is 17.8 Å². The number of aryl methyl sites for hydroxylation is 1. The largest absolute Gasteiger partial charge is 0.316 e. The lowest BCUT2D eigenvalue weighted by molar-refractivity contribution is 0.481. The highest BCUT2D eigenvalue weighted by Crippen LogP contribution is 2.19. The van der Waals surface area contributed by atoms with Gasteiger partial charge in [0.05, 0.1) is 5.69 Å². The SMILES string of the molecule is CNCc1ccc(-n2[nH]c(C)cc2=O)cc1S(=O)(=O)O. The summed E-state index contributed by atoms with van der Waals surface area (Å²) in [4.78, 5) is 11.5. The van der Waals surface area contributed by atoms with Gasteiger partial charge in [-0.3, -0.25) is 14.4 Å². The zero-order valence-electron chi connectivity index (χ0n) is 11.0. The molecule has 1 heterocycles. The third-order valence-corrected chi connectivity index (χ3v) is 3.74. The quantitative estimate of drug-likeness (QED) is 0.710. The summed E-state index contributed by atoms with van der Waals surface area (Å²) in [6.07, 6.45) is 0. The Morgan fingerprint density at radius 1 is 1.35 bits per heavy atom. The van der Waals surface area contributed by atoms with Crippen molar-refractivity contribution in [2.45, 2.75) is 18.4 Å². The van der Waals surface area contributed by atoms with Gasteiger partial charge in [0, 0.05) is 18.3 Å². The maximum atomic E-state index is 11.7. The molecule has 0 aliphatic carbocycles. The Labute approximate surface area is 116 Å². The first kappa shape index (κ1) is 14.5. The van der Waals surface area contributed by atoms with Gasteiger partial charge in [0.15, 0.2) is 0 Å². The fourth-order valence-corrected chi connectivity index (χ4v) is 2.71. The van der Waals surface area contributed by atoms with E-state index in [1.54, 1.807) is 26.1 Å². The number of nitrogens with one attached hydrogen (secondary N) is 2. The zero-order valence-corrected chi connectivity index (χ0v) is 11.9. The van der Waals surface area contributed by atoms with Crippen LogP contribution in [0.4, 0.5) is 0 Å². The van der Waals surface area contributed by atoms with Crippen LogP contribution in [-0.2, 0) is 16.7 Å². The molecule has 1 aromatic heterocycles. The molecule has 0 bridgehead atoms. The Kier molecular flexibility index (Phi) is 3.80. The van der Waals surface area contributed by atoms with Crippen LogP contribution in [0.2, 0.25) is 0 Å². The van der Waals surface area contributed by atoms with Gasteiger partial charge in [0.2, 0.25) is 0 Å². The minimum atomic E-state index is -4.36. The summed E-state index contributed by atoms with van der Waals surface area (Å²) in [6.45, 7) is 2.00. The van der Waals surface area contributed by atoms with E-state index < -0.39 is 10.1 Å². The Hall–Kier alpha value is -1.90. The monoisotopic (exact) mass is 297 g/mol. The molecule has 0 saturated carbocycles. The van der Waals surface area contributed by atoms with Crippen LogP contribution in [0.15, 0.2) is 34.0 Å². The van der Waals surface area contributed by atoms with E-state index in [1.165, 1.54) is 16.8 Å². The molecule has 0 unspecified atom stereocenters. The first-order valence-corrected chi connectivity index (χ1v) is 7.31. The van der Waals surface area contributed by atoms with Gasteiger partial charge >= 0.3 is 0 Å².